The van der Waals surface area contributed by atoms with Crippen molar-refractivity contribution in [3.8, 4) is 0 Å². The van der Waals surface area contributed by atoms with Gasteiger partial charge in [-0.25, -0.2) is 9.13 Å². The third-order valence-corrected chi connectivity index (χ3v) is 8.06. The second-order valence-corrected chi connectivity index (χ2v) is 13.4. The summed E-state index contributed by atoms with van der Waals surface area (Å²) in [5.74, 6) is 0.734. The average molecular weight is 550 g/mol. The molecule has 0 unspecified atom stereocenters. The van der Waals surface area contributed by atoms with Crippen molar-refractivity contribution in [2.45, 2.75) is 110 Å². The molecule has 0 saturated heterocycles. The average Bonchev–Trinajstić information content (AvgIpc) is 3.34. The van der Waals surface area contributed by atoms with E-state index in [4.69, 9.17) is 0 Å². The highest BCUT2D eigenvalue weighted by Crippen LogP contribution is 2.32. The van der Waals surface area contributed by atoms with Gasteiger partial charge in [0.2, 0.25) is 6.33 Å². The Hall–Kier alpha value is -2.59. The van der Waals surface area contributed by atoms with E-state index in [9.17, 15) is 4.79 Å². The van der Waals surface area contributed by atoms with Crippen molar-refractivity contribution in [3.63, 3.8) is 0 Å². The molecule has 1 atom stereocenters. The lowest BCUT2D eigenvalue weighted by Gasteiger charge is -2.27. The van der Waals surface area contributed by atoms with Crippen molar-refractivity contribution in [1.29, 1.82) is 0 Å². The summed E-state index contributed by atoms with van der Waals surface area (Å²) in [6.07, 6.45) is 13.6. The molecule has 1 aliphatic rings. The van der Waals surface area contributed by atoms with E-state index in [0.717, 1.165) is 13.0 Å². The summed E-state index contributed by atoms with van der Waals surface area (Å²) in [4.78, 5) is 13.8. The molecule has 1 fully saturated rings. The second-order valence-electron chi connectivity index (χ2n) is 13.4. The minimum absolute atomic E-state index is 0. The predicted octanol–water partition coefficient (Wildman–Crippen LogP) is 4.25. The lowest BCUT2D eigenvalue weighted by Crippen LogP contribution is -3.00. The zero-order chi connectivity index (χ0) is 27.3. The van der Waals surface area contributed by atoms with E-state index >= 15 is 0 Å². The highest BCUT2D eigenvalue weighted by molar-refractivity contribution is 5.80. The lowest BCUT2D eigenvalue weighted by molar-refractivity contribution is -0.687. The first kappa shape index (κ1) is 30.9. The fourth-order valence-corrected chi connectivity index (χ4v) is 5.55. The highest BCUT2D eigenvalue weighted by atomic mass is 35.5. The van der Waals surface area contributed by atoms with Crippen molar-refractivity contribution in [1.82, 2.24) is 9.88 Å². The van der Waals surface area contributed by atoms with Gasteiger partial charge in [0.15, 0.2) is 6.04 Å². The Kier molecular flexibility index (Phi) is 10.5. The van der Waals surface area contributed by atoms with Crippen molar-refractivity contribution in [2.24, 2.45) is 5.92 Å². The number of hydrogen-bond acceptors (Lipinski definition) is 1. The minimum atomic E-state index is -0.192. The van der Waals surface area contributed by atoms with Crippen molar-refractivity contribution in [3.05, 3.63) is 89.5 Å². The maximum absolute atomic E-state index is 13.8. The Bertz CT molecular complexity index is 1160. The van der Waals surface area contributed by atoms with E-state index in [-0.39, 0.29) is 35.2 Å². The topological polar surface area (TPSA) is 37.9 Å². The molecule has 212 valence electrons. The van der Waals surface area contributed by atoms with Gasteiger partial charge < -0.3 is 17.7 Å². The molecule has 1 aliphatic carbocycles. The number of benzene rings is 2. The molecule has 5 heteroatoms. The number of hydrogen-bond donors (Lipinski definition) is 1. The SMILES string of the molecule is CC(C)(C)c1cc(CNC(=O)[C@H](CC2CCCCC2)n2cc[n+](Cc3ccccc3)c2)cc(C(C)(C)C)c1.[Cl-]. The first-order valence-electron chi connectivity index (χ1n) is 14.5. The molecule has 0 radical (unpaired) electrons. The zero-order valence-electron chi connectivity index (χ0n) is 24.8. The van der Waals surface area contributed by atoms with Crippen LogP contribution < -0.4 is 22.3 Å². The number of amides is 1. The van der Waals surface area contributed by atoms with Crippen LogP contribution in [0.5, 0.6) is 0 Å². The van der Waals surface area contributed by atoms with E-state index in [0.29, 0.717) is 12.5 Å². The third-order valence-electron chi connectivity index (χ3n) is 8.06. The summed E-state index contributed by atoms with van der Waals surface area (Å²) in [5, 5.41) is 3.33. The third kappa shape index (κ3) is 8.70. The minimum Gasteiger partial charge on any atom is -1.00 e. The number of aromatic nitrogens is 2. The van der Waals surface area contributed by atoms with Crippen LogP contribution in [0.1, 0.15) is 108 Å². The Morgan fingerprint density at radius 1 is 0.923 bits per heavy atom. The fourth-order valence-electron chi connectivity index (χ4n) is 5.55. The number of halogens is 1. The standard InChI is InChI=1S/C34H47N3O.ClH/c1-33(2,3)29-19-28(20-30(22-29)34(4,5)6)23-35-32(38)31(21-26-13-9-7-10-14-26)37-18-17-36(25-37)24-27-15-11-8-12-16-27;/h8,11-12,15-20,22,25-26,31H,7,9-10,13-14,21,23-24H2,1-6H3;1H/t31-;/m0./s1. The van der Waals surface area contributed by atoms with Crippen LogP contribution >= 0.6 is 0 Å². The Balaban J connectivity index is 0.00000420. The van der Waals surface area contributed by atoms with Gasteiger partial charge in [0.25, 0.3) is 5.91 Å². The first-order chi connectivity index (χ1) is 18.0. The molecule has 1 aromatic heterocycles. The van der Waals surface area contributed by atoms with E-state index in [2.05, 4.69) is 117 Å². The highest BCUT2D eigenvalue weighted by Gasteiger charge is 2.30. The van der Waals surface area contributed by atoms with Crippen LogP contribution in [0.4, 0.5) is 0 Å². The van der Waals surface area contributed by atoms with Gasteiger partial charge >= 0.3 is 0 Å². The van der Waals surface area contributed by atoms with Crippen LogP contribution in [0.15, 0.2) is 67.3 Å². The molecule has 1 N–H and O–H groups in total. The quantitative estimate of drug-likeness (QED) is 0.419. The largest absolute Gasteiger partial charge is 1.00 e. The van der Waals surface area contributed by atoms with Crippen molar-refractivity contribution < 1.29 is 21.8 Å². The summed E-state index contributed by atoms with van der Waals surface area (Å²) < 4.78 is 4.32. The number of carbonyl (C=O) groups excluding carboxylic acids is 1. The predicted molar refractivity (Wildman–Crippen MR) is 156 cm³/mol. The lowest BCUT2D eigenvalue weighted by atomic mass is 9.79. The van der Waals surface area contributed by atoms with Crippen LogP contribution in [0.25, 0.3) is 0 Å². The molecule has 4 rings (SSSR count). The number of rotatable bonds is 8. The molecule has 4 nitrogen and oxygen atoms in total. The van der Waals surface area contributed by atoms with Gasteiger partial charge in [0.1, 0.15) is 18.9 Å². The summed E-state index contributed by atoms with van der Waals surface area (Å²) in [6, 6.07) is 17.2. The van der Waals surface area contributed by atoms with Crippen molar-refractivity contribution >= 4 is 5.91 Å². The van der Waals surface area contributed by atoms with Crippen LogP contribution in [0.3, 0.4) is 0 Å². The van der Waals surface area contributed by atoms with E-state index in [1.54, 1.807) is 0 Å². The zero-order valence-corrected chi connectivity index (χ0v) is 25.6. The molecule has 1 heterocycles. The van der Waals surface area contributed by atoms with Crippen molar-refractivity contribution in [2.75, 3.05) is 0 Å². The van der Waals surface area contributed by atoms with Gasteiger partial charge in [-0.3, -0.25) is 4.79 Å². The van der Waals surface area contributed by atoms with Gasteiger partial charge in [-0.05, 0) is 39.0 Å². The van der Waals surface area contributed by atoms with Crippen LogP contribution in [0, 0.1) is 5.92 Å². The Morgan fingerprint density at radius 2 is 1.54 bits per heavy atom. The van der Waals surface area contributed by atoms with Crippen LogP contribution in [-0.4, -0.2) is 10.5 Å². The molecule has 39 heavy (non-hydrogen) atoms. The van der Waals surface area contributed by atoms with E-state index < -0.39 is 0 Å². The molecule has 0 spiro atoms. The maximum Gasteiger partial charge on any atom is 0.265 e. The van der Waals surface area contributed by atoms with E-state index in [1.807, 2.05) is 6.07 Å². The normalized spacial score (nSPS) is 15.4. The molecule has 1 saturated carbocycles. The number of imidazole rings is 1. The van der Waals surface area contributed by atoms with Gasteiger partial charge in [-0.15, -0.1) is 0 Å². The molecule has 0 aliphatic heterocycles. The molecule has 0 bridgehead atoms. The maximum atomic E-state index is 13.8. The number of nitrogens with zero attached hydrogens (tertiary/aromatic N) is 2. The summed E-state index contributed by atoms with van der Waals surface area (Å²) >= 11 is 0. The molecular weight excluding hydrogens is 502 g/mol. The molecular formula is C34H48ClN3O. The number of carbonyl (C=O) groups is 1. The summed E-state index contributed by atoms with van der Waals surface area (Å²) in [5.41, 5.74) is 5.19. The second kappa shape index (κ2) is 13.2. The number of nitrogens with one attached hydrogen (secondary N) is 1. The summed E-state index contributed by atoms with van der Waals surface area (Å²) in [6.45, 7) is 14.9. The first-order valence-corrected chi connectivity index (χ1v) is 14.5. The smallest absolute Gasteiger partial charge is 0.265 e. The molecule has 1 amide bonds. The Labute approximate surface area is 242 Å². The molecule has 2 aromatic carbocycles. The van der Waals surface area contributed by atoms with E-state index in [1.165, 1.54) is 54.4 Å². The van der Waals surface area contributed by atoms with Crippen LogP contribution in [0.2, 0.25) is 0 Å². The van der Waals surface area contributed by atoms with Crippen LogP contribution in [-0.2, 0) is 28.7 Å². The van der Waals surface area contributed by atoms with Gasteiger partial charge in [-0.1, -0.05) is 122 Å². The van der Waals surface area contributed by atoms with Gasteiger partial charge in [0, 0.05) is 13.0 Å². The summed E-state index contributed by atoms with van der Waals surface area (Å²) in [7, 11) is 0. The fraction of sp³-hybridized carbons (Fsp3) is 0.529. The monoisotopic (exact) mass is 549 g/mol. The molecule has 3 aromatic rings. The Morgan fingerprint density at radius 3 is 2.13 bits per heavy atom. The van der Waals surface area contributed by atoms with Gasteiger partial charge in [-0.2, -0.15) is 0 Å². The van der Waals surface area contributed by atoms with Gasteiger partial charge in [0.05, 0.1) is 0 Å².